The lowest BCUT2D eigenvalue weighted by atomic mass is 10.2. The summed E-state index contributed by atoms with van der Waals surface area (Å²) in [5.41, 5.74) is -1.08. The second-order valence-corrected chi connectivity index (χ2v) is 6.90. The fraction of sp³-hybridized carbons (Fsp3) is 0.250. The highest BCUT2D eigenvalue weighted by Crippen LogP contribution is 2.34. The Morgan fingerprint density at radius 2 is 1.88 bits per heavy atom. The molecule has 9 heteroatoms. The monoisotopic (exact) mass is 395 g/mol. The maximum atomic E-state index is 12.4. The van der Waals surface area contributed by atoms with Gasteiger partial charge in [0.25, 0.3) is 0 Å². The second kappa shape index (κ2) is 5.15. The predicted molar refractivity (Wildman–Crippen MR) is 65.5 cm³/mol. The molecule has 17 heavy (non-hydrogen) atoms. The quantitative estimate of drug-likeness (QED) is 0.794. The minimum Gasteiger partial charge on any atom is -0.282 e. The van der Waals surface area contributed by atoms with E-state index in [2.05, 4.69) is 31.9 Å². The standard InChI is InChI=1S/C8H6Br2F3NO2S/c9-4-17(15,16)14-7-3-5(8(11,12)13)1-2-6(7)10/h1-3,14H,4H2. The van der Waals surface area contributed by atoms with Gasteiger partial charge in [0.05, 0.1) is 11.3 Å². The van der Waals surface area contributed by atoms with Crippen LogP contribution in [0.5, 0.6) is 0 Å². The summed E-state index contributed by atoms with van der Waals surface area (Å²) in [6.45, 7) is 0. The van der Waals surface area contributed by atoms with Crippen LogP contribution < -0.4 is 4.72 Å². The average Bonchev–Trinajstić information content (AvgIpc) is 2.19. The molecule has 0 heterocycles. The van der Waals surface area contributed by atoms with Crippen LogP contribution in [0.2, 0.25) is 0 Å². The van der Waals surface area contributed by atoms with E-state index in [1.165, 1.54) is 0 Å². The first-order valence-corrected chi connectivity index (χ1v) is 7.65. The zero-order chi connectivity index (χ0) is 13.3. The van der Waals surface area contributed by atoms with E-state index < -0.39 is 26.4 Å². The number of alkyl halides is 4. The average molecular weight is 397 g/mol. The lowest BCUT2D eigenvalue weighted by Gasteiger charge is -2.11. The summed E-state index contributed by atoms with van der Waals surface area (Å²) in [6, 6.07) is 2.72. The Hall–Kier alpha value is -0.280. The molecule has 96 valence electrons. The second-order valence-electron chi connectivity index (χ2n) is 3.02. The molecule has 1 rings (SSSR count). The molecular weight excluding hydrogens is 391 g/mol. The molecule has 0 aliphatic rings. The summed E-state index contributed by atoms with van der Waals surface area (Å²) in [4.78, 5) is 0. The van der Waals surface area contributed by atoms with Crippen LogP contribution in [0.15, 0.2) is 22.7 Å². The number of hydrogen-bond acceptors (Lipinski definition) is 2. The first kappa shape index (κ1) is 14.8. The number of rotatable bonds is 3. The van der Waals surface area contributed by atoms with Crippen LogP contribution in [-0.2, 0) is 16.2 Å². The highest BCUT2D eigenvalue weighted by Gasteiger charge is 2.31. The van der Waals surface area contributed by atoms with Gasteiger partial charge in [0.15, 0.2) is 0 Å². The van der Waals surface area contributed by atoms with Gasteiger partial charge in [-0.2, -0.15) is 13.2 Å². The number of anilines is 1. The molecule has 0 aliphatic carbocycles. The number of benzene rings is 1. The van der Waals surface area contributed by atoms with E-state index in [0.717, 1.165) is 18.2 Å². The Labute approximate surface area is 113 Å². The van der Waals surface area contributed by atoms with Crippen molar-refractivity contribution in [1.29, 1.82) is 0 Å². The van der Waals surface area contributed by atoms with Crippen LogP contribution in [0, 0.1) is 0 Å². The molecule has 1 aromatic rings. The van der Waals surface area contributed by atoms with Gasteiger partial charge in [-0.25, -0.2) is 8.42 Å². The van der Waals surface area contributed by atoms with Crippen LogP contribution in [0.1, 0.15) is 5.56 Å². The van der Waals surface area contributed by atoms with Crippen molar-refractivity contribution in [3.63, 3.8) is 0 Å². The first-order valence-electron chi connectivity index (χ1n) is 4.09. The van der Waals surface area contributed by atoms with Gasteiger partial charge in [0.1, 0.15) is 4.66 Å². The van der Waals surface area contributed by atoms with Gasteiger partial charge in [-0.15, -0.1) is 0 Å². The smallest absolute Gasteiger partial charge is 0.282 e. The van der Waals surface area contributed by atoms with Crippen molar-refractivity contribution >= 4 is 47.6 Å². The SMILES string of the molecule is O=S(=O)(CBr)Nc1cc(C(F)(F)F)ccc1Br. The Bertz CT molecular complexity index is 516. The summed E-state index contributed by atoms with van der Waals surface area (Å²) in [5, 5.41) is 0. The minimum atomic E-state index is -4.52. The van der Waals surface area contributed by atoms with Gasteiger partial charge in [-0.3, -0.25) is 4.72 Å². The van der Waals surface area contributed by atoms with Crippen LogP contribution in [0.25, 0.3) is 0 Å². The number of hydrogen-bond donors (Lipinski definition) is 1. The molecule has 1 N–H and O–H groups in total. The van der Waals surface area contributed by atoms with Crippen molar-refractivity contribution in [1.82, 2.24) is 0 Å². The molecule has 0 radical (unpaired) electrons. The molecule has 0 unspecified atom stereocenters. The van der Waals surface area contributed by atoms with Gasteiger partial charge in [0.2, 0.25) is 10.0 Å². The lowest BCUT2D eigenvalue weighted by molar-refractivity contribution is -0.137. The third-order valence-corrected chi connectivity index (χ3v) is 5.02. The van der Waals surface area contributed by atoms with E-state index in [-0.39, 0.29) is 10.2 Å². The highest BCUT2D eigenvalue weighted by molar-refractivity contribution is 9.11. The van der Waals surface area contributed by atoms with Gasteiger partial charge < -0.3 is 0 Å². The van der Waals surface area contributed by atoms with Gasteiger partial charge in [0, 0.05) is 4.47 Å². The van der Waals surface area contributed by atoms with Crippen molar-refractivity contribution in [3.05, 3.63) is 28.2 Å². The summed E-state index contributed by atoms with van der Waals surface area (Å²) in [6.07, 6.45) is -4.52. The van der Waals surface area contributed by atoms with Crippen molar-refractivity contribution < 1.29 is 21.6 Å². The summed E-state index contributed by atoms with van der Waals surface area (Å²) in [7, 11) is -3.69. The third-order valence-electron chi connectivity index (χ3n) is 1.70. The fourth-order valence-corrected chi connectivity index (χ4v) is 2.35. The molecule has 0 fully saturated rings. The van der Waals surface area contributed by atoms with Gasteiger partial charge in [-0.05, 0) is 34.1 Å². The van der Waals surface area contributed by atoms with E-state index in [9.17, 15) is 21.6 Å². The molecule has 0 atom stereocenters. The Morgan fingerprint density at radius 1 is 1.29 bits per heavy atom. The molecular formula is C8H6Br2F3NO2S. The third kappa shape index (κ3) is 4.14. The molecule has 0 spiro atoms. The largest absolute Gasteiger partial charge is 0.416 e. The lowest BCUT2D eigenvalue weighted by Crippen LogP contribution is -2.14. The van der Waals surface area contributed by atoms with E-state index in [4.69, 9.17) is 0 Å². The Kier molecular flexibility index (Phi) is 4.48. The molecule has 0 amide bonds. The molecule has 1 aromatic carbocycles. The molecule has 3 nitrogen and oxygen atoms in total. The van der Waals surface area contributed by atoms with Crippen LogP contribution in [0.4, 0.5) is 18.9 Å². The molecule has 0 saturated carbocycles. The Balaban J connectivity index is 3.17. The molecule has 0 bridgehead atoms. The van der Waals surface area contributed by atoms with Gasteiger partial charge >= 0.3 is 6.18 Å². The van der Waals surface area contributed by atoms with Crippen LogP contribution in [0.3, 0.4) is 0 Å². The number of sulfonamides is 1. The zero-order valence-corrected chi connectivity index (χ0v) is 12.0. The molecule has 0 aliphatic heterocycles. The highest BCUT2D eigenvalue weighted by atomic mass is 79.9. The van der Waals surface area contributed by atoms with E-state index >= 15 is 0 Å². The molecule has 0 saturated heterocycles. The maximum Gasteiger partial charge on any atom is 0.416 e. The molecule has 0 aromatic heterocycles. The van der Waals surface area contributed by atoms with E-state index in [1.807, 2.05) is 4.72 Å². The van der Waals surface area contributed by atoms with E-state index in [1.54, 1.807) is 0 Å². The topological polar surface area (TPSA) is 46.2 Å². The zero-order valence-electron chi connectivity index (χ0n) is 8.05. The van der Waals surface area contributed by atoms with Gasteiger partial charge in [-0.1, -0.05) is 15.9 Å². The number of nitrogens with one attached hydrogen (secondary N) is 1. The fourth-order valence-electron chi connectivity index (χ4n) is 0.975. The van der Waals surface area contributed by atoms with Crippen LogP contribution in [-0.4, -0.2) is 13.1 Å². The van der Waals surface area contributed by atoms with Crippen molar-refractivity contribution in [2.45, 2.75) is 6.18 Å². The predicted octanol–water partition coefficient (Wildman–Crippen LogP) is 3.56. The normalized spacial score (nSPS) is 12.5. The summed E-state index contributed by atoms with van der Waals surface area (Å²) < 4.78 is 61.5. The Morgan fingerprint density at radius 3 is 2.35 bits per heavy atom. The van der Waals surface area contributed by atoms with Crippen molar-refractivity contribution in [3.8, 4) is 0 Å². The van der Waals surface area contributed by atoms with Crippen molar-refractivity contribution in [2.75, 3.05) is 9.38 Å². The maximum absolute atomic E-state index is 12.4. The van der Waals surface area contributed by atoms with E-state index in [0.29, 0.717) is 0 Å². The summed E-state index contributed by atoms with van der Waals surface area (Å²) in [5.74, 6) is 0. The van der Waals surface area contributed by atoms with Crippen LogP contribution >= 0.6 is 31.9 Å². The minimum absolute atomic E-state index is 0.153. The summed E-state index contributed by atoms with van der Waals surface area (Å²) >= 11 is 5.69. The number of halogens is 5. The van der Waals surface area contributed by atoms with Crippen molar-refractivity contribution in [2.24, 2.45) is 0 Å². The first-order chi connectivity index (χ1) is 7.65.